The predicted octanol–water partition coefficient (Wildman–Crippen LogP) is 3.19. The largest absolute Gasteiger partial charge is 0.389 e. The summed E-state index contributed by atoms with van der Waals surface area (Å²) in [5.41, 5.74) is 6.80. The van der Waals surface area contributed by atoms with Crippen molar-refractivity contribution in [3.8, 4) is 0 Å². The number of aromatic nitrogens is 2. The average molecular weight is 334 g/mol. The van der Waals surface area contributed by atoms with E-state index in [1.807, 2.05) is 7.05 Å². The Balaban J connectivity index is 1.87. The Kier molecular flexibility index (Phi) is 4.33. The lowest BCUT2D eigenvalue weighted by Crippen LogP contribution is -2.40. The van der Waals surface area contributed by atoms with Gasteiger partial charge >= 0.3 is 0 Å². The van der Waals surface area contributed by atoms with Crippen LogP contribution in [0.25, 0.3) is 10.2 Å². The highest BCUT2D eigenvalue weighted by atomic mass is 32.1. The maximum absolute atomic E-state index is 10.6. The quantitative estimate of drug-likeness (QED) is 0.898. The summed E-state index contributed by atoms with van der Waals surface area (Å²) in [6.07, 6.45) is 3.99. The summed E-state index contributed by atoms with van der Waals surface area (Å²) in [6.45, 7) is 6.88. The van der Waals surface area contributed by atoms with Gasteiger partial charge in [0.1, 0.15) is 16.5 Å². The second-order valence-electron chi connectivity index (χ2n) is 6.95. The summed E-state index contributed by atoms with van der Waals surface area (Å²) in [5.74, 6) is 1.30. The number of aliphatic hydroxyl groups is 1. The number of thiophene rings is 1. The van der Waals surface area contributed by atoms with Crippen molar-refractivity contribution < 1.29 is 5.11 Å². The highest BCUT2D eigenvalue weighted by molar-refractivity contribution is 7.18. The third-order valence-corrected chi connectivity index (χ3v) is 6.29. The summed E-state index contributed by atoms with van der Waals surface area (Å²) in [7, 11) is 2.02. The average Bonchev–Trinajstić information content (AvgIpc) is 3.02. The minimum atomic E-state index is -0.561. The van der Waals surface area contributed by atoms with Gasteiger partial charge in [0.2, 0.25) is 0 Å². The molecule has 2 aromatic heterocycles. The summed E-state index contributed by atoms with van der Waals surface area (Å²) in [5, 5.41) is 11.6. The number of rotatable bonds is 4. The van der Waals surface area contributed by atoms with E-state index in [1.54, 1.807) is 11.3 Å². The molecule has 0 aliphatic heterocycles. The monoisotopic (exact) mass is 334 g/mol. The molecule has 2 aromatic rings. The fraction of sp³-hybridized carbons (Fsp3) is 0.647. The van der Waals surface area contributed by atoms with E-state index in [0.29, 0.717) is 12.4 Å². The number of hydrogen-bond donors (Lipinski definition) is 2. The standard InChI is InChI=1S/C17H26N4OS/c1-10-12(3)23-16-13(10)14(18)19-15(20-16)11(2)21(4)9-17(22)7-5-6-8-17/h11,22H,5-9H2,1-4H3,(H2,18,19,20). The molecule has 0 amide bonds. The second-order valence-corrected chi connectivity index (χ2v) is 8.16. The number of likely N-dealkylation sites (N-methyl/N-ethyl adjacent to an activating group) is 1. The molecule has 1 fully saturated rings. The van der Waals surface area contributed by atoms with Gasteiger partial charge in [0.15, 0.2) is 0 Å². The molecule has 1 unspecified atom stereocenters. The first-order valence-corrected chi connectivity index (χ1v) is 9.08. The number of nitrogen functional groups attached to an aromatic ring is 1. The van der Waals surface area contributed by atoms with Crippen molar-refractivity contribution in [3.05, 3.63) is 16.3 Å². The molecule has 0 saturated heterocycles. The molecule has 1 saturated carbocycles. The zero-order chi connectivity index (χ0) is 16.8. The van der Waals surface area contributed by atoms with Crippen LogP contribution in [-0.4, -0.2) is 39.2 Å². The minimum Gasteiger partial charge on any atom is -0.389 e. The first-order valence-electron chi connectivity index (χ1n) is 8.26. The second kappa shape index (κ2) is 6.00. The number of aryl methyl sites for hydroxylation is 2. The van der Waals surface area contributed by atoms with Crippen LogP contribution in [0.3, 0.4) is 0 Å². The fourth-order valence-electron chi connectivity index (χ4n) is 3.47. The van der Waals surface area contributed by atoms with E-state index < -0.39 is 5.60 Å². The number of hydrogen-bond acceptors (Lipinski definition) is 6. The molecule has 5 nitrogen and oxygen atoms in total. The first-order chi connectivity index (χ1) is 10.8. The molecular formula is C17H26N4OS. The van der Waals surface area contributed by atoms with E-state index in [2.05, 4.69) is 30.7 Å². The molecule has 23 heavy (non-hydrogen) atoms. The van der Waals surface area contributed by atoms with Crippen molar-refractivity contribution in [1.29, 1.82) is 0 Å². The maximum atomic E-state index is 10.6. The topological polar surface area (TPSA) is 75.3 Å². The maximum Gasteiger partial charge on any atom is 0.149 e. The summed E-state index contributed by atoms with van der Waals surface area (Å²) in [6, 6.07) is 0.0223. The first kappa shape index (κ1) is 16.6. The van der Waals surface area contributed by atoms with E-state index in [9.17, 15) is 5.11 Å². The van der Waals surface area contributed by atoms with Crippen molar-refractivity contribution in [2.24, 2.45) is 0 Å². The van der Waals surface area contributed by atoms with Crippen LogP contribution in [0.1, 0.15) is 54.9 Å². The van der Waals surface area contributed by atoms with Gasteiger partial charge in [-0.3, -0.25) is 4.90 Å². The lowest BCUT2D eigenvalue weighted by molar-refractivity contribution is 0.00613. The molecular weight excluding hydrogens is 308 g/mol. The van der Waals surface area contributed by atoms with Gasteiger partial charge < -0.3 is 10.8 Å². The van der Waals surface area contributed by atoms with Crippen molar-refractivity contribution in [1.82, 2.24) is 14.9 Å². The highest BCUT2D eigenvalue weighted by Crippen LogP contribution is 2.34. The van der Waals surface area contributed by atoms with Gasteiger partial charge in [-0.15, -0.1) is 11.3 Å². The van der Waals surface area contributed by atoms with Crippen LogP contribution in [0.15, 0.2) is 0 Å². The Hall–Kier alpha value is -1.24. The van der Waals surface area contributed by atoms with Crippen molar-refractivity contribution in [2.45, 2.75) is 58.1 Å². The third-order valence-electron chi connectivity index (χ3n) is 5.19. The lowest BCUT2D eigenvalue weighted by Gasteiger charge is -2.31. The predicted molar refractivity (Wildman–Crippen MR) is 95.8 cm³/mol. The van der Waals surface area contributed by atoms with E-state index >= 15 is 0 Å². The Morgan fingerprint density at radius 3 is 2.61 bits per heavy atom. The van der Waals surface area contributed by atoms with Gasteiger partial charge in [0.25, 0.3) is 0 Å². The van der Waals surface area contributed by atoms with Crippen LogP contribution < -0.4 is 5.73 Å². The third kappa shape index (κ3) is 3.07. The Morgan fingerprint density at radius 1 is 1.30 bits per heavy atom. The molecule has 0 aromatic carbocycles. The van der Waals surface area contributed by atoms with Crippen molar-refractivity contribution >= 4 is 27.4 Å². The molecule has 2 heterocycles. The van der Waals surface area contributed by atoms with Crippen LogP contribution in [-0.2, 0) is 0 Å². The zero-order valence-corrected chi connectivity index (χ0v) is 15.2. The molecule has 0 spiro atoms. The normalized spacial score (nSPS) is 18.9. The number of anilines is 1. The Morgan fingerprint density at radius 2 is 1.96 bits per heavy atom. The van der Waals surface area contributed by atoms with Crippen molar-refractivity contribution in [2.75, 3.05) is 19.3 Å². The smallest absolute Gasteiger partial charge is 0.149 e. The molecule has 1 aliphatic carbocycles. The molecule has 0 radical (unpaired) electrons. The molecule has 0 bridgehead atoms. The van der Waals surface area contributed by atoms with Crippen LogP contribution in [0, 0.1) is 13.8 Å². The van der Waals surface area contributed by atoms with Gasteiger partial charge in [-0.2, -0.15) is 0 Å². The van der Waals surface area contributed by atoms with Crippen LogP contribution in [0.4, 0.5) is 5.82 Å². The number of nitrogens with two attached hydrogens (primary N) is 1. The number of fused-ring (bicyclic) bond motifs is 1. The molecule has 1 atom stereocenters. The summed E-state index contributed by atoms with van der Waals surface area (Å²) < 4.78 is 0. The van der Waals surface area contributed by atoms with Gasteiger partial charge in [0.05, 0.1) is 17.0 Å². The van der Waals surface area contributed by atoms with Gasteiger partial charge in [-0.25, -0.2) is 9.97 Å². The zero-order valence-electron chi connectivity index (χ0n) is 14.4. The van der Waals surface area contributed by atoms with E-state index in [0.717, 1.165) is 41.7 Å². The van der Waals surface area contributed by atoms with Crippen LogP contribution >= 0.6 is 11.3 Å². The summed E-state index contributed by atoms with van der Waals surface area (Å²) in [4.78, 5) is 13.6. The fourth-order valence-corrected chi connectivity index (χ4v) is 4.52. The minimum absolute atomic E-state index is 0.0223. The molecule has 3 rings (SSSR count). The van der Waals surface area contributed by atoms with Gasteiger partial charge in [-0.05, 0) is 46.2 Å². The van der Waals surface area contributed by atoms with Crippen LogP contribution in [0.5, 0.6) is 0 Å². The lowest BCUT2D eigenvalue weighted by atomic mass is 10.0. The van der Waals surface area contributed by atoms with Crippen molar-refractivity contribution in [3.63, 3.8) is 0 Å². The van der Waals surface area contributed by atoms with Gasteiger partial charge in [-0.1, -0.05) is 12.8 Å². The van der Waals surface area contributed by atoms with E-state index in [1.165, 1.54) is 10.4 Å². The molecule has 1 aliphatic rings. The highest BCUT2D eigenvalue weighted by Gasteiger charge is 2.34. The molecule has 6 heteroatoms. The van der Waals surface area contributed by atoms with Crippen LogP contribution in [0.2, 0.25) is 0 Å². The van der Waals surface area contributed by atoms with Gasteiger partial charge in [0, 0.05) is 11.4 Å². The molecule has 126 valence electrons. The van der Waals surface area contributed by atoms with E-state index in [4.69, 9.17) is 10.7 Å². The molecule has 3 N–H and O–H groups in total. The summed E-state index contributed by atoms with van der Waals surface area (Å²) >= 11 is 1.67. The number of nitrogens with zero attached hydrogens (tertiary/aromatic N) is 3. The SMILES string of the molecule is Cc1sc2nc(C(C)N(C)CC3(O)CCCC3)nc(N)c2c1C. The Labute approximate surface area is 141 Å². The Bertz CT molecular complexity index is 721. The van der Waals surface area contributed by atoms with E-state index in [-0.39, 0.29) is 6.04 Å².